The molecule has 1 atom stereocenters. The molecule has 1 rings (SSSR count). The van der Waals surface area contributed by atoms with Gasteiger partial charge in [0.05, 0.1) is 11.3 Å². The van der Waals surface area contributed by atoms with E-state index in [4.69, 9.17) is 5.11 Å². The van der Waals surface area contributed by atoms with Crippen LogP contribution >= 0.6 is 11.8 Å². The van der Waals surface area contributed by atoms with E-state index >= 15 is 0 Å². The largest absolute Gasteiger partial charge is 0.480 e. The Labute approximate surface area is 137 Å². The minimum Gasteiger partial charge on any atom is -0.480 e. The van der Waals surface area contributed by atoms with Crippen LogP contribution < -0.4 is 4.90 Å². The lowest BCUT2D eigenvalue weighted by atomic mass is 10.1. The number of aliphatic carboxylic acids is 1. The summed E-state index contributed by atoms with van der Waals surface area (Å²) >= 11 is 0.960. The van der Waals surface area contributed by atoms with Crippen molar-refractivity contribution in [3.8, 4) is 0 Å². The highest BCUT2D eigenvalue weighted by Crippen LogP contribution is 2.23. The van der Waals surface area contributed by atoms with Crippen LogP contribution in [-0.4, -0.2) is 45.5 Å². The SMILES string of the molecule is CC(=O)SCC(C)C(=O)N(CC(=O)O)c1ccccc1C(=O)O. The van der Waals surface area contributed by atoms with E-state index in [2.05, 4.69) is 0 Å². The van der Waals surface area contributed by atoms with Gasteiger partial charge in [-0.05, 0) is 12.1 Å². The molecule has 0 fully saturated rings. The fraction of sp³-hybridized carbons (Fsp3) is 0.333. The first kappa shape index (κ1) is 18.7. The molecule has 0 aromatic heterocycles. The lowest BCUT2D eigenvalue weighted by Gasteiger charge is -2.25. The average Bonchev–Trinajstić information content (AvgIpc) is 2.49. The molecule has 0 saturated carbocycles. The second-order valence-electron chi connectivity index (χ2n) is 4.84. The summed E-state index contributed by atoms with van der Waals surface area (Å²) in [6.45, 7) is 2.28. The summed E-state index contributed by atoms with van der Waals surface area (Å²) < 4.78 is 0. The van der Waals surface area contributed by atoms with E-state index in [1.807, 2.05) is 0 Å². The Morgan fingerprint density at radius 1 is 1.17 bits per heavy atom. The summed E-state index contributed by atoms with van der Waals surface area (Å²) in [5.41, 5.74) is -0.138. The number of benzene rings is 1. The Bertz CT molecular complexity index is 630. The zero-order chi connectivity index (χ0) is 17.6. The first-order chi connectivity index (χ1) is 10.7. The molecule has 7 nitrogen and oxygen atoms in total. The Hall–Kier alpha value is -2.35. The quantitative estimate of drug-likeness (QED) is 0.777. The molecule has 0 aliphatic rings. The number of rotatable bonds is 7. The molecule has 0 radical (unpaired) electrons. The molecule has 0 heterocycles. The summed E-state index contributed by atoms with van der Waals surface area (Å²) in [5.74, 6) is -3.50. The van der Waals surface area contributed by atoms with Gasteiger partial charge in [0.1, 0.15) is 6.54 Å². The van der Waals surface area contributed by atoms with Gasteiger partial charge in [-0.1, -0.05) is 30.8 Å². The molecule has 1 amide bonds. The van der Waals surface area contributed by atoms with E-state index < -0.39 is 30.3 Å². The van der Waals surface area contributed by atoms with E-state index in [9.17, 15) is 24.3 Å². The van der Waals surface area contributed by atoms with Crippen LogP contribution in [0.5, 0.6) is 0 Å². The van der Waals surface area contributed by atoms with E-state index in [1.54, 1.807) is 6.92 Å². The summed E-state index contributed by atoms with van der Waals surface area (Å²) in [4.78, 5) is 46.8. The standard InChI is InChI=1S/C15H17NO6S/c1-9(8-23-10(2)17)14(20)16(7-13(18)19)12-6-4-3-5-11(12)15(21)22/h3-6,9H,7-8H2,1-2H3,(H,18,19)(H,21,22). The number of carbonyl (C=O) groups is 4. The topological polar surface area (TPSA) is 112 Å². The number of carboxylic acid groups (broad SMARTS) is 2. The third-order valence-electron chi connectivity index (χ3n) is 2.94. The third-order valence-corrected chi connectivity index (χ3v) is 4.02. The summed E-state index contributed by atoms with van der Waals surface area (Å²) in [7, 11) is 0. The van der Waals surface area contributed by atoms with E-state index in [-0.39, 0.29) is 22.1 Å². The van der Waals surface area contributed by atoms with Crippen molar-refractivity contribution in [2.24, 2.45) is 5.92 Å². The number of hydrogen-bond acceptors (Lipinski definition) is 5. The second kappa shape index (κ2) is 8.33. The number of anilines is 1. The molecule has 0 aliphatic heterocycles. The van der Waals surface area contributed by atoms with Gasteiger partial charge in [-0.2, -0.15) is 0 Å². The van der Waals surface area contributed by atoms with Gasteiger partial charge in [0.15, 0.2) is 5.12 Å². The maximum absolute atomic E-state index is 12.5. The van der Waals surface area contributed by atoms with Gasteiger partial charge in [0.2, 0.25) is 5.91 Å². The van der Waals surface area contributed by atoms with E-state index in [0.29, 0.717) is 0 Å². The monoisotopic (exact) mass is 339 g/mol. The fourth-order valence-electron chi connectivity index (χ4n) is 1.89. The van der Waals surface area contributed by atoms with Crippen LogP contribution in [0.3, 0.4) is 0 Å². The van der Waals surface area contributed by atoms with Crippen molar-refractivity contribution in [2.45, 2.75) is 13.8 Å². The lowest BCUT2D eigenvalue weighted by Crippen LogP contribution is -2.40. The molecule has 1 unspecified atom stereocenters. The Balaban J connectivity index is 3.14. The summed E-state index contributed by atoms with van der Waals surface area (Å²) in [5, 5.41) is 18.1. The summed E-state index contributed by atoms with van der Waals surface area (Å²) in [6.07, 6.45) is 0. The highest BCUT2D eigenvalue weighted by Gasteiger charge is 2.27. The number of thioether (sulfide) groups is 1. The van der Waals surface area contributed by atoms with Gasteiger partial charge >= 0.3 is 11.9 Å². The number of para-hydroxylation sites is 1. The fourth-order valence-corrected chi connectivity index (χ4v) is 2.51. The molecule has 124 valence electrons. The van der Waals surface area contributed by atoms with Crippen LogP contribution in [0, 0.1) is 5.92 Å². The van der Waals surface area contributed by atoms with Gasteiger partial charge in [-0.15, -0.1) is 0 Å². The smallest absolute Gasteiger partial charge is 0.337 e. The molecular weight excluding hydrogens is 322 g/mol. The van der Waals surface area contributed by atoms with Crippen molar-refractivity contribution in [3.63, 3.8) is 0 Å². The van der Waals surface area contributed by atoms with Crippen molar-refractivity contribution in [1.29, 1.82) is 0 Å². The van der Waals surface area contributed by atoms with Crippen molar-refractivity contribution < 1.29 is 29.4 Å². The lowest BCUT2D eigenvalue weighted by molar-refractivity contribution is -0.137. The van der Waals surface area contributed by atoms with Crippen LogP contribution in [0.2, 0.25) is 0 Å². The molecule has 1 aromatic rings. The van der Waals surface area contributed by atoms with Crippen LogP contribution in [0.1, 0.15) is 24.2 Å². The zero-order valence-corrected chi connectivity index (χ0v) is 13.5. The van der Waals surface area contributed by atoms with Crippen LogP contribution in [-0.2, 0) is 14.4 Å². The number of carboxylic acids is 2. The Morgan fingerprint density at radius 2 is 1.78 bits per heavy atom. The van der Waals surface area contributed by atoms with Gasteiger partial charge in [0, 0.05) is 18.6 Å². The number of aromatic carboxylic acids is 1. The number of amides is 1. The van der Waals surface area contributed by atoms with E-state index in [1.165, 1.54) is 31.2 Å². The maximum atomic E-state index is 12.5. The highest BCUT2D eigenvalue weighted by atomic mass is 32.2. The first-order valence-corrected chi connectivity index (χ1v) is 7.71. The Morgan fingerprint density at radius 3 is 2.30 bits per heavy atom. The highest BCUT2D eigenvalue weighted by molar-refractivity contribution is 8.13. The summed E-state index contributed by atoms with van der Waals surface area (Å²) in [6, 6.07) is 5.70. The molecule has 0 saturated heterocycles. The van der Waals surface area contributed by atoms with Crippen molar-refractivity contribution in [1.82, 2.24) is 0 Å². The van der Waals surface area contributed by atoms with Crippen molar-refractivity contribution in [2.75, 3.05) is 17.2 Å². The third kappa shape index (κ3) is 5.41. The van der Waals surface area contributed by atoms with Crippen molar-refractivity contribution >= 4 is 40.4 Å². The number of carbonyl (C=O) groups excluding carboxylic acids is 2. The molecule has 23 heavy (non-hydrogen) atoms. The van der Waals surface area contributed by atoms with Gasteiger partial charge in [-0.25, -0.2) is 4.79 Å². The van der Waals surface area contributed by atoms with E-state index in [0.717, 1.165) is 16.7 Å². The van der Waals surface area contributed by atoms with Gasteiger partial charge < -0.3 is 15.1 Å². The molecule has 0 aliphatic carbocycles. The van der Waals surface area contributed by atoms with Gasteiger partial charge in [-0.3, -0.25) is 14.4 Å². The van der Waals surface area contributed by atoms with Crippen LogP contribution in [0.4, 0.5) is 5.69 Å². The minimum absolute atomic E-state index is 0.0204. The zero-order valence-electron chi connectivity index (χ0n) is 12.7. The average molecular weight is 339 g/mol. The molecule has 2 N–H and O–H groups in total. The number of nitrogens with zero attached hydrogens (tertiary/aromatic N) is 1. The normalized spacial score (nSPS) is 11.6. The molecular formula is C15H17NO6S. The van der Waals surface area contributed by atoms with Crippen LogP contribution in [0.15, 0.2) is 24.3 Å². The Kier molecular flexibility index (Phi) is 6.77. The van der Waals surface area contributed by atoms with Crippen LogP contribution in [0.25, 0.3) is 0 Å². The minimum atomic E-state index is -1.26. The molecule has 0 bridgehead atoms. The predicted molar refractivity (Wildman–Crippen MR) is 85.7 cm³/mol. The molecule has 0 spiro atoms. The molecule has 1 aromatic carbocycles. The van der Waals surface area contributed by atoms with Gasteiger partial charge in [0.25, 0.3) is 0 Å². The molecule has 8 heteroatoms. The predicted octanol–water partition coefficient (Wildman–Crippen LogP) is 1.72. The van der Waals surface area contributed by atoms with Crippen molar-refractivity contribution in [3.05, 3.63) is 29.8 Å². The second-order valence-corrected chi connectivity index (χ2v) is 6.04. The maximum Gasteiger partial charge on any atom is 0.337 e. The first-order valence-electron chi connectivity index (χ1n) is 6.73. The number of hydrogen-bond donors (Lipinski definition) is 2.